The Labute approximate surface area is 469 Å². The first-order chi connectivity index (χ1) is 37.8. The first-order valence-corrected chi connectivity index (χ1v) is 30.8. The van der Waals surface area contributed by atoms with Crippen molar-refractivity contribution in [2.24, 2.45) is 15.4 Å². The molecule has 0 fully saturated rings. The van der Waals surface area contributed by atoms with Crippen LogP contribution in [0.15, 0.2) is 87.5 Å². The van der Waals surface area contributed by atoms with Gasteiger partial charge in [-0.1, -0.05) is 11.8 Å². The number of carbonyl (C=O) groups is 8. The average Bonchev–Trinajstić information content (AvgIpc) is 3.41. The quantitative estimate of drug-likeness (QED) is 0.0304. The fraction of sp³-hybridized carbons (Fsp3) is 0.469. The second-order valence-electron chi connectivity index (χ2n) is 17.8. The van der Waals surface area contributed by atoms with Crippen LogP contribution in [-0.2, 0) is 68.3 Å². The molecule has 0 aliphatic carbocycles. The zero-order chi connectivity index (χ0) is 59.2. The molecule has 27 nitrogen and oxygen atoms in total. The summed E-state index contributed by atoms with van der Waals surface area (Å²) in [5, 5.41) is 34.2. The van der Waals surface area contributed by atoms with Crippen molar-refractivity contribution >= 4 is 88.3 Å². The SMILES string of the molecule is CSC(=O)CCCC(=O)NC(COCCC(=O)NCCCNC(=O)c1ccc(S(N)(=O)=O)cc1)(COCCC(=O)NCCCNC(=O)c1ccc(S(N)(=O)=O)cc1)COCCC(=O)NCCCNC(=O)c1ccc(S(N)(=O)=O)cc1. The zero-order valence-corrected chi connectivity index (χ0v) is 47.3. The Hall–Kier alpha value is -6.42. The molecule has 80 heavy (non-hydrogen) atoms. The van der Waals surface area contributed by atoms with E-state index in [2.05, 4.69) is 37.2 Å². The van der Waals surface area contributed by atoms with Gasteiger partial charge in [0.15, 0.2) is 5.12 Å². The summed E-state index contributed by atoms with van der Waals surface area (Å²) >= 11 is 1.03. The molecular weight excluding hydrogens is 1130 g/mol. The third-order valence-electron chi connectivity index (χ3n) is 11.2. The van der Waals surface area contributed by atoms with E-state index in [-0.39, 0.29) is 154 Å². The molecule has 3 rings (SSSR count). The molecule has 0 radical (unpaired) electrons. The Morgan fingerprint density at radius 2 is 0.700 bits per heavy atom. The highest BCUT2D eigenvalue weighted by Crippen LogP contribution is 2.14. The van der Waals surface area contributed by atoms with Crippen LogP contribution in [0.4, 0.5) is 0 Å². The molecule has 31 heteroatoms. The number of hydrogen-bond acceptors (Lipinski definition) is 18. The van der Waals surface area contributed by atoms with Gasteiger partial charge in [0.05, 0.1) is 54.3 Å². The lowest BCUT2D eigenvalue weighted by molar-refractivity contribution is -0.130. The van der Waals surface area contributed by atoms with Crippen molar-refractivity contribution in [3.63, 3.8) is 0 Å². The monoisotopic (exact) mass is 1200 g/mol. The van der Waals surface area contributed by atoms with Crippen molar-refractivity contribution in [3.8, 4) is 0 Å². The molecule has 0 bridgehead atoms. The maximum absolute atomic E-state index is 13.4. The van der Waals surface area contributed by atoms with Gasteiger partial charge in [-0.25, -0.2) is 40.7 Å². The van der Waals surface area contributed by atoms with Crippen LogP contribution in [0.3, 0.4) is 0 Å². The molecule has 442 valence electrons. The number of amides is 7. The Morgan fingerprint density at radius 3 is 0.975 bits per heavy atom. The van der Waals surface area contributed by atoms with Crippen LogP contribution < -0.4 is 52.6 Å². The minimum atomic E-state index is -3.93. The van der Waals surface area contributed by atoms with Crippen LogP contribution in [0.1, 0.15) is 88.9 Å². The average molecular weight is 1200 g/mol. The van der Waals surface area contributed by atoms with Gasteiger partial charge < -0.3 is 51.4 Å². The van der Waals surface area contributed by atoms with Gasteiger partial charge in [-0.3, -0.25) is 38.4 Å². The van der Waals surface area contributed by atoms with E-state index in [0.717, 1.165) is 11.8 Å². The second-order valence-corrected chi connectivity index (χ2v) is 23.3. The Balaban J connectivity index is 1.56. The first-order valence-electron chi connectivity index (χ1n) is 25.0. The Morgan fingerprint density at radius 1 is 0.412 bits per heavy atom. The molecule has 13 N–H and O–H groups in total. The smallest absolute Gasteiger partial charge is 0.251 e. The molecule has 3 aromatic carbocycles. The number of primary sulfonamides is 3. The van der Waals surface area contributed by atoms with Gasteiger partial charge in [0.2, 0.25) is 53.7 Å². The summed E-state index contributed by atoms with van der Waals surface area (Å²) in [5.41, 5.74) is -0.826. The molecule has 0 unspecified atom stereocenters. The first kappa shape index (κ1) is 67.9. The normalized spacial score (nSPS) is 11.7. The molecule has 7 amide bonds. The van der Waals surface area contributed by atoms with E-state index in [0.29, 0.717) is 19.3 Å². The standard InChI is InChI=1S/C49H70N10O17S4/c1-77-45(64)7-2-6-44(63)59-49(32-74-29-20-41(60)53-23-3-26-56-46(65)35-8-14-38(15-9-35)78(50,68)69,33-75-30-21-42(61)54-24-4-27-57-47(66)36-10-16-39(17-11-36)79(51,70)71)34-76-31-22-43(62)55-25-5-28-58-48(67)37-12-18-40(19-13-37)80(52,72)73/h8-19H,2-7,20-34H2,1H3,(H,53,60)(H,54,61)(H,55,62)(H,56,65)(H,57,66)(H,58,67)(H,59,63)(H2,50,68,69)(H2,51,70,71)(H2,52,72,73). The number of sulfonamides is 3. The lowest BCUT2D eigenvalue weighted by Gasteiger charge is -2.34. The van der Waals surface area contributed by atoms with Gasteiger partial charge in [-0.2, -0.15) is 0 Å². The van der Waals surface area contributed by atoms with E-state index in [4.69, 9.17) is 29.6 Å². The summed E-state index contributed by atoms with van der Waals surface area (Å²) in [4.78, 5) is 101. The fourth-order valence-corrected chi connectivity index (χ4v) is 8.79. The van der Waals surface area contributed by atoms with Gasteiger partial charge >= 0.3 is 0 Å². The molecule has 0 aromatic heterocycles. The van der Waals surface area contributed by atoms with E-state index in [1.54, 1.807) is 6.26 Å². The lowest BCUT2D eigenvalue weighted by Crippen LogP contribution is -2.58. The fourth-order valence-electron chi connectivity index (χ4n) is 6.90. The zero-order valence-electron chi connectivity index (χ0n) is 44.1. The number of hydrogen-bond donors (Lipinski definition) is 10. The van der Waals surface area contributed by atoms with Crippen LogP contribution in [0.2, 0.25) is 0 Å². The predicted octanol–water partition coefficient (Wildman–Crippen LogP) is -1.13. The minimum Gasteiger partial charge on any atom is -0.378 e. The van der Waals surface area contributed by atoms with E-state index in [9.17, 15) is 63.6 Å². The van der Waals surface area contributed by atoms with Crippen LogP contribution >= 0.6 is 11.8 Å². The van der Waals surface area contributed by atoms with Crippen LogP contribution in [0.25, 0.3) is 0 Å². The van der Waals surface area contributed by atoms with Gasteiger partial charge in [-0.15, -0.1) is 0 Å². The van der Waals surface area contributed by atoms with E-state index >= 15 is 0 Å². The number of thioether (sulfide) groups is 1. The third-order valence-corrected chi connectivity index (χ3v) is 14.6. The molecule has 0 saturated heterocycles. The molecule has 3 aromatic rings. The van der Waals surface area contributed by atoms with Crippen molar-refractivity contribution in [1.29, 1.82) is 0 Å². The summed E-state index contributed by atoms with van der Waals surface area (Å²) in [6.07, 6.45) is 2.58. The Bertz CT molecular complexity index is 2620. The summed E-state index contributed by atoms with van der Waals surface area (Å²) in [5.74, 6) is -3.07. The largest absolute Gasteiger partial charge is 0.378 e. The second kappa shape index (κ2) is 34.7. The maximum Gasteiger partial charge on any atom is 0.251 e. The lowest BCUT2D eigenvalue weighted by atomic mass is 10.0. The van der Waals surface area contributed by atoms with Crippen molar-refractivity contribution in [2.45, 2.75) is 78.0 Å². The summed E-state index contributed by atoms with van der Waals surface area (Å²) in [7, 11) is -11.8. The minimum absolute atomic E-state index is 0.0662. The highest BCUT2D eigenvalue weighted by Gasteiger charge is 2.34. The number of nitrogens with one attached hydrogen (secondary N) is 7. The number of carbonyl (C=O) groups excluding carboxylic acids is 8. The summed E-state index contributed by atoms with van der Waals surface area (Å²) < 4.78 is 86.8. The number of ether oxygens (including phenoxy) is 3. The predicted molar refractivity (Wildman–Crippen MR) is 293 cm³/mol. The number of rotatable bonds is 38. The van der Waals surface area contributed by atoms with Gasteiger partial charge in [0.25, 0.3) is 17.7 Å². The van der Waals surface area contributed by atoms with E-state index in [1.165, 1.54) is 72.8 Å². The molecule has 0 saturated carbocycles. The number of nitrogens with two attached hydrogens (primary N) is 3. The number of benzene rings is 3. The van der Waals surface area contributed by atoms with Crippen LogP contribution in [-0.4, -0.2) is 162 Å². The maximum atomic E-state index is 13.4. The molecule has 0 atom stereocenters. The van der Waals surface area contributed by atoms with Crippen LogP contribution in [0.5, 0.6) is 0 Å². The molecule has 0 aliphatic heterocycles. The topological polar surface area (TPSA) is 429 Å². The highest BCUT2D eigenvalue weighted by atomic mass is 32.2. The van der Waals surface area contributed by atoms with Crippen molar-refractivity contribution in [3.05, 3.63) is 89.5 Å². The highest BCUT2D eigenvalue weighted by molar-refractivity contribution is 8.13. The van der Waals surface area contributed by atoms with E-state index < -0.39 is 77.0 Å². The third kappa shape index (κ3) is 27.2. The molecule has 0 spiro atoms. The van der Waals surface area contributed by atoms with Crippen molar-refractivity contribution < 1.29 is 77.8 Å². The molecular formula is C49H70N10O17S4. The Kier molecular flexibility index (Phi) is 29.4. The van der Waals surface area contributed by atoms with Gasteiger partial charge in [0.1, 0.15) is 5.54 Å². The molecule has 0 aliphatic rings. The van der Waals surface area contributed by atoms with Crippen LogP contribution in [0, 0.1) is 0 Å². The summed E-state index contributed by atoms with van der Waals surface area (Å²) in [6.45, 7) is -0.154. The summed E-state index contributed by atoms with van der Waals surface area (Å²) in [6, 6.07) is 15.2. The molecule has 0 heterocycles. The van der Waals surface area contributed by atoms with Crippen molar-refractivity contribution in [2.75, 3.05) is 85.2 Å². The van der Waals surface area contributed by atoms with E-state index in [1.807, 2.05) is 0 Å². The van der Waals surface area contributed by atoms with Crippen molar-refractivity contribution in [1.82, 2.24) is 37.2 Å². The van der Waals surface area contributed by atoms with Gasteiger partial charge in [-0.05, 0) is 105 Å². The van der Waals surface area contributed by atoms with Gasteiger partial charge in [0, 0.05) is 88.1 Å².